The fourth-order valence-corrected chi connectivity index (χ4v) is 2.00. The van der Waals surface area contributed by atoms with Gasteiger partial charge in [-0.05, 0) is 37.8 Å². The van der Waals surface area contributed by atoms with Crippen molar-refractivity contribution in [3.8, 4) is 0 Å². The molecule has 0 bridgehead atoms. The van der Waals surface area contributed by atoms with Crippen LogP contribution in [0.25, 0.3) is 0 Å². The maximum Gasteiger partial charge on any atom is 0.237 e. The van der Waals surface area contributed by atoms with Gasteiger partial charge in [-0.25, -0.2) is 0 Å². The van der Waals surface area contributed by atoms with Crippen molar-refractivity contribution in [3.05, 3.63) is 34.9 Å². The van der Waals surface area contributed by atoms with E-state index in [0.717, 1.165) is 5.56 Å². The Kier molecular flexibility index (Phi) is 4.91. The van der Waals surface area contributed by atoms with Gasteiger partial charge in [-0.15, -0.1) is 0 Å². The highest BCUT2D eigenvalue weighted by atomic mass is 16.2. The third kappa shape index (κ3) is 3.57. The monoisotopic (exact) mass is 248 g/mol. The van der Waals surface area contributed by atoms with Gasteiger partial charge in [-0.2, -0.15) is 0 Å². The fourth-order valence-electron chi connectivity index (χ4n) is 2.00. The van der Waals surface area contributed by atoms with E-state index in [0.29, 0.717) is 0 Å². The molecule has 3 heteroatoms. The molecule has 0 spiro atoms. The number of aryl methyl sites for hydroxylation is 2. The Hall–Kier alpha value is -1.35. The van der Waals surface area contributed by atoms with Gasteiger partial charge >= 0.3 is 0 Å². The van der Waals surface area contributed by atoms with Gasteiger partial charge in [0.15, 0.2) is 0 Å². The summed E-state index contributed by atoms with van der Waals surface area (Å²) in [4.78, 5) is 11.9. The summed E-state index contributed by atoms with van der Waals surface area (Å²) in [6.45, 7) is 10.0. The third-order valence-electron chi connectivity index (χ3n) is 3.27. The van der Waals surface area contributed by atoms with Gasteiger partial charge in [0.25, 0.3) is 0 Å². The van der Waals surface area contributed by atoms with Gasteiger partial charge in [0, 0.05) is 0 Å². The van der Waals surface area contributed by atoms with Crippen LogP contribution in [0.1, 0.15) is 43.5 Å². The number of hydrogen-bond acceptors (Lipinski definition) is 2. The SMILES string of the molecule is Cc1ccc(C(C)NC(=O)C(N)C(C)C)c(C)c1. The second-order valence-electron chi connectivity index (χ2n) is 5.36. The predicted molar refractivity (Wildman–Crippen MR) is 75.3 cm³/mol. The maximum atomic E-state index is 11.9. The lowest BCUT2D eigenvalue weighted by atomic mass is 9.99. The summed E-state index contributed by atoms with van der Waals surface area (Å²) in [7, 11) is 0. The molecule has 0 saturated heterocycles. The van der Waals surface area contributed by atoms with E-state index in [1.807, 2.05) is 20.8 Å². The number of nitrogens with two attached hydrogens (primary N) is 1. The highest BCUT2D eigenvalue weighted by molar-refractivity contribution is 5.82. The second kappa shape index (κ2) is 6.01. The van der Waals surface area contributed by atoms with Crippen LogP contribution in [0, 0.1) is 19.8 Å². The molecular formula is C15H24N2O. The van der Waals surface area contributed by atoms with E-state index in [1.165, 1.54) is 11.1 Å². The molecule has 1 amide bonds. The number of amides is 1. The van der Waals surface area contributed by atoms with Gasteiger partial charge in [-0.3, -0.25) is 4.79 Å². The molecular weight excluding hydrogens is 224 g/mol. The Morgan fingerprint density at radius 3 is 2.33 bits per heavy atom. The molecule has 0 aliphatic rings. The number of carbonyl (C=O) groups excluding carboxylic acids is 1. The predicted octanol–water partition coefficient (Wildman–Crippen LogP) is 2.46. The zero-order chi connectivity index (χ0) is 13.9. The van der Waals surface area contributed by atoms with Crippen molar-refractivity contribution in [1.82, 2.24) is 5.32 Å². The van der Waals surface area contributed by atoms with E-state index < -0.39 is 6.04 Å². The lowest BCUT2D eigenvalue weighted by molar-refractivity contribution is -0.123. The Morgan fingerprint density at radius 1 is 1.22 bits per heavy atom. The highest BCUT2D eigenvalue weighted by Crippen LogP contribution is 2.18. The molecule has 0 aliphatic carbocycles. The van der Waals surface area contributed by atoms with Crippen molar-refractivity contribution in [2.75, 3.05) is 0 Å². The second-order valence-corrected chi connectivity index (χ2v) is 5.36. The maximum absolute atomic E-state index is 11.9. The van der Waals surface area contributed by atoms with Gasteiger partial charge in [0.1, 0.15) is 0 Å². The smallest absolute Gasteiger partial charge is 0.237 e. The molecule has 0 heterocycles. The first kappa shape index (κ1) is 14.7. The Balaban J connectivity index is 2.76. The Bertz CT molecular complexity index is 427. The molecule has 0 aliphatic heterocycles. The Morgan fingerprint density at radius 2 is 1.83 bits per heavy atom. The van der Waals surface area contributed by atoms with Crippen molar-refractivity contribution in [2.45, 2.75) is 46.7 Å². The van der Waals surface area contributed by atoms with Crippen LogP contribution in [0.5, 0.6) is 0 Å². The molecule has 3 N–H and O–H groups in total. The number of hydrogen-bond donors (Lipinski definition) is 2. The highest BCUT2D eigenvalue weighted by Gasteiger charge is 2.19. The first-order valence-corrected chi connectivity index (χ1v) is 6.46. The first-order chi connectivity index (χ1) is 8.32. The molecule has 1 aromatic carbocycles. The summed E-state index contributed by atoms with van der Waals surface area (Å²) in [5.41, 5.74) is 9.41. The van der Waals surface area contributed by atoms with E-state index >= 15 is 0 Å². The van der Waals surface area contributed by atoms with Crippen LogP contribution in [0.15, 0.2) is 18.2 Å². The summed E-state index contributed by atoms with van der Waals surface area (Å²) >= 11 is 0. The van der Waals surface area contributed by atoms with Crippen LogP contribution in [-0.4, -0.2) is 11.9 Å². The number of carbonyl (C=O) groups is 1. The van der Waals surface area contributed by atoms with Gasteiger partial charge in [0.05, 0.1) is 12.1 Å². The molecule has 0 fully saturated rings. The zero-order valence-corrected chi connectivity index (χ0v) is 11.9. The van der Waals surface area contributed by atoms with Gasteiger partial charge in [-0.1, -0.05) is 37.6 Å². The topological polar surface area (TPSA) is 55.1 Å². The number of rotatable bonds is 4. The average Bonchev–Trinajstić information content (AvgIpc) is 2.27. The summed E-state index contributed by atoms with van der Waals surface area (Å²) < 4.78 is 0. The third-order valence-corrected chi connectivity index (χ3v) is 3.27. The van der Waals surface area contributed by atoms with Crippen molar-refractivity contribution >= 4 is 5.91 Å². The van der Waals surface area contributed by atoms with Crippen molar-refractivity contribution in [2.24, 2.45) is 11.7 Å². The van der Waals surface area contributed by atoms with Crippen LogP contribution < -0.4 is 11.1 Å². The van der Waals surface area contributed by atoms with E-state index in [-0.39, 0.29) is 17.9 Å². The summed E-state index contributed by atoms with van der Waals surface area (Å²) in [6, 6.07) is 5.80. The van der Waals surface area contributed by atoms with E-state index in [9.17, 15) is 4.79 Å². The van der Waals surface area contributed by atoms with E-state index in [4.69, 9.17) is 5.73 Å². The number of benzene rings is 1. The average molecular weight is 248 g/mol. The summed E-state index contributed by atoms with van der Waals surface area (Å²) in [5.74, 6) is 0.0637. The molecule has 1 rings (SSSR count). The molecule has 18 heavy (non-hydrogen) atoms. The molecule has 0 saturated carbocycles. The van der Waals surface area contributed by atoms with Crippen molar-refractivity contribution < 1.29 is 4.79 Å². The minimum Gasteiger partial charge on any atom is -0.348 e. The molecule has 3 nitrogen and oxygen atoms in total. The van der Waals surface area contributed by atoms with Crippen LogP contribution in [0.2, 0.25) is 0 Å². The van der Waals surface area contributed by atoms with Gasteiger partial charge in [0.2, 0.25) is 5.91 Å². The summed E-state index contributed by atoms with van der Waals surface area (Å²) in [6.07, 6.45) is 0. The Labute approximate surface area is 110 Å². The lowest BCUT2D eigenvalue weighted by Gasteiger charge is -2.21. The normalized spacial score (nSPS) is 14.4. The summed E-state index contributed by atoms with van der Waals surface area (Å²) in [5, 5.41) is 2.97. The molecule has 2 atom stereocenters. The van der Waals surface area contributed by atoms with Crippen LogP contribution >= 0.6 is 0 Å². The van der Waals surface area contributed by atoms with Crippen molar-refractivity contribution in [3.63, 3.8) is 0 Å². The largest absolute Gasteiger partial charge is 0.348 e. The zero-order valence-electron chi connectivity index (χ0n) is 11.9. The standard InChI is InChI=1S/C15H24N2O/c1-9(2)14(16)15(18)17-12(5)13-7-6-10(3)8-11(13)4/h6-9,12,14H,16H2,1-5H3,(H,17,18). The van der Waals surface area contributed by atoms with Crippen LogP contribution in [0.4, 0.5) is 0 Å². The van der Waals surface area contributed by atoms with Crippen LogP contribution in [-0.2, 0) is 4.79 Å². The molecule has 0 aromatic heterocycles. The quantitative estimate of drug-likeness (QED) is 0.860. The first-order valence-electron chi connectivity index (χ1n) is 6.46. The van der Waals surface area contributed by atoms with Crippen LogP contribution in [0.3, 0.4) is 0 Å². The van der Waals surface area contributed by atoms with Gasteiger partial charge < -0.3 is 11.1 Å². The molecule has 2 unspecified atom stereocenters. The minimum atomic E-state index is -0.446. The number of nitrogens with one attached hydrogen (secondary N) is 1. The van der Waals surface area contributed by atoms with E-state index in [1.54, 1.807) is 0 Å². The lowest BCUT2D eigenvalue weighted by Crippen LogP contribution is -2.44. The molecule has 0 radical (unpaired) electrons. The van der Waals surface area contributed by atoms with E-state index in [2.05, 4.69) is 37.4 Å². The fraction of sp³-hybridized carbons (Fsp3) is 0.533. The minimum absolute atomic E-state index is 0.0112. The van der Waals surface area contributed by atoms with Crippen molar-refractivity contribution in [1.29, 1.82) is 0 Å². The molecule has 100 valence electrons. The molecule has 1 aromatic rings.